The first-order valence-corrected chi connectivity index (χ1v) is 2.99. The third kappa shape index (κ3) is 3.49. The maximum atomic E-state index is 12.2. The van der Waals surface area contributed by atoms with E-state index in [4.69, 9.17) is 22.4 Å². The van der Waals surface area contributed by atoms with E-state index in [1.165, 1.54) is 0 Å². The van der Waals surface area contributed by atoms with E-state index in [-0.39, 0.29) is 12.4 Å². The number of nitrogens with zero attached hydrogens (tertiary/aromatic N) is 2. The van der Waals surface area contributed by atoms with Crippen LogP contribution in [0.2, 0.25) is 5.02 Å². The van der Waals surface area contributed by atoms with Crippen LogP contribution in [0.4, 0.5) is 13.2 Å². The second-order valence-corrected chi connectivity index (χ2v) is 2.04. The van der Waals surface area contributed by atoms with Gasteiger partial charge in [0.05, 0.1) is 0 Å². The van der Waals surface area contributed by atoms with Gasteiger partial charge < -0.3 is 0 Å². The smallest absolute Gasteiger partial charge is 0.180 e. The van der Waals surface area contributed by atoms with Crippen LogP contribution in [-0.2, 0) is 0 Å². The normalized spacial score (nSPS) is 7.85. The van der Waals surface area contributed by atoms with Crippen LogP contribution in [0.15, 0.2) is 12.1 Å². The van der Waals surface area contributed by atoms with Crippen molar-refractivity contribution in [2.24, 2.45) is 0 Å². The van der Waals surface area contributed by atoms with Gasteiger partial charge in [-0.2, -0.15) is 0 Å². The molecule has 0 bridgehead atoms. The van der Waals surface area contributed by atoms with Crippen molar-refractivity contribution in [3.05, 3.63) is 34.6 Å². The van der Waals surface area contributed by atoms with Crippen molar-refractivity contribution in [3.63, 3.8) is 0 Å². The van der Waals surface area contributed by atoms with E-state index in [1.807, 2.05) is 0 Å². The van der Waals surface area contributed by atoms with Crippen molar-refractivity contribution in [2.45, 2.75) is 0 Å². The minimum Gasteiger partial charge on any atom is -0.205 e. The monoisotopic (exact) mass is 230 g/mol. The molecule has 0 saturated heterocycles. The molecule has 0 heterocycles. The number of hydrogen-bond acceptors (Lipinski definition) is 2. The molecular weight excluding hydrogens is 228 g/mol. The molecule has 0 spiro atoms. The molecule has 13 heavy (non-hydrogen) atoms. The van der Waals surface area contributed by atoms with Gasteiger partial charge in [-0.15, -0.1) is 12.4 Å². The van der Waals surface area contributed by atoms with Gasteiger partial charge in [-0.25, -0.2) is 13.2 Å². The lowest BCUT2D eigenvalue weighted by atomic mass is 10.3. The highest BCUT2D eigenvalue weighted by Gasteiger charge is 2.09. The fraction of sp³-hybridized carbons (Fsp3) is 0. The van der Waals surface area contributed by atoms with Gasteiger partial charge in [0.1, 0.15) is 10.8 Å². The quantitative estimate of drug-likeness (QED) is 0.391. The molecule has 0 saturated carbocycles. The summed E-state index contributed by atoms with van der Waals surface area (Å²) in [5, 5.41) is 11.2. The van der Waals surface area contributed by atoms with Gasteiger partial charge in [-0.05, 0) is 12.1 Å². The molecule has 0 aromatic heterocycles. The number of benzene rings is 1. The van der Waals surface area contributed by atoms with E-state index < -0.39 is 22.5 Å². The third-order valence-corrected chi connectivity index (χ3v) is 1.33. The van der Waals surface area contributed by atoms with Crippen molar-refractivity contribution in [3.8, 4) is 0 Å². The topological polar surface area (TPSA) is 47.6 Å². The molecule has 0 aliphatic carbocycles. The second-order valence-electron chi connectivity index (χ2n) is 1.66. The lowest BCUT2D eigenvalue weighted by Gasteiger charge is -1.94. The summed E-state index contributed by atoms with van der Waals surface area (Å²) in [7, 11) is 0. The zero-order chi connectivity index (χ0) is 9.72. The lowest BCUT2D eigenvalue weighted by Crippen LogP contribution is -1.87. The zero-order valence-electron chi connectivity index (χ0n) is 5.97. The summed E-state index contributed by atoms with van der Waals surface area (Å²) in [5.41, 5.74) is 0. The van der Waals surface area contributed by atoms with Crippen LogP contribution in [0.5, 0.6) is 0 Å². The largest absolute Gasteiger partial charge is 0.205 e. The second kappa shape index (κ2) is 6.52. The summed E-state index contributed by atoms with van der Waals surface area (Å²) < 4.78 is 36.6. The van der Waals surface area contributed by atoms with Gasteiger partial charge in [-0.1, -0.05) is 11.6 Å². The summed E-state index contributed by atoms with van der Waals surface area (Å²) in [6.07, 6.45) is 0. The fourth-order valence-corrected chi connectivity index (χ4v) is 0.656. The Bertz CT molecular complexity index is 276. The molecule has 72 valence electrons. The summed E-state index contributed by atoms with van der Waals surface area (Å²) in [4.78, 5) is 0. The van der Waals surface area contributed by atoms with Crippen LogP contribution >= 0.6 is 24.0 Å². The van der Waals surface area contributed by atoms with Gasteiger partial charge in [0.15, 0.2) is 11.6 Å². The van der Waals surface area contributed by atoms with Crippen LogP contribution in [-0.4, -0.2) is 0 Å². The molecule has 0 N–H and O–H groups in total. The SMILES string of the molecule is Cl.Fc1ccc(F)c(Cl)c1F.N#N. The number of hydrogen-bond donors (Lipinski definition) is 0. The van der Waals surface area contributed by atoms with Crippen LogP contribution in [0.3, 0.4) is 0 Å². The minimum absolute atomic E-state index is 0. The van der Waals surface area contributed by atoms with Gasteiger partial charge in [-0.3, -0.25) is 0 Å². The van der Waals surface area contributed by atoms with Gasteiger partial charge in [0, 0.05) is 10.8 Å². The van der Waals surface area contributed by atoms with E-state index in [0.717, 1.165) is 6.07 Å². The molecule has 1 rings (SSSR count). The predicted octanol–water partition coefficient (Wildman–Crippen LogP) is 3.21. The third-order valence-electron chi connectivity index (χ3n) is 0.988. The molecule has 2 nitrogen and oxygen atoms in total. The summed E-state index contributed by atoms with van der Waals surface area (Å²) in [6, 6.07) is 1.44. The van der Waals surface area contributed by atoms with Crippen LogP contribution in [0.1, 0.15) is 0 Å². The Morgan fingerprint density at radius 2 is 1.38 bits per heavy atom. The molecule has 0 aliphatic rings. The molecule has 0 unspecified atom stereocenters. The molecule has 7 heteroatoms. The minimum atomic E-state index is -1.35. The summed E-state index contributed by atoms with van der Waals surface area (Å²) >= 11 is 4.99. The Morgan fingerprint density at radius 1 is 1.00 bits per heavy atom. The first-order valence-electron chi connectivity index (χ1n) is 2.62. The van der Waals surface area contributed by atoms with E-state index in [9.17, 15) is 13.2 Å². The Morgan fingerprint density at radius 3 is 1.77 bits per heavy atom. The van der Waals surface area contributed by atoms with Crippen LogP contribution in [0, 0.1) is 28.2 Å². The molecule has 0 radical (unpaired) electrons. The highest BCUT2D eigenvalue weighted by atomic mass is 35.5. The summed E-state index contributed by atoms with van der Waals surface area (Å²) in [6.45, 7) is 0. The fourth-order valence-electron chi connectivity index (χ4n) is 0.502. The average Bonchev–Trinajstić information content (AvgIpc) is 2.12. The molecule has 0 fully saturated rings. The molecule has 0 amide bonds. The van der Waals surface area contributed by atoms with E-state index in [1.54, 1.807) is 0 Å². The zero-order valence-corrected chi connectivity index (χ0v) is 7.54. The summed E-state index contributed by atoms with van der Waals surface area (Å²) in [5.74, 6) is -3.45. The Kier molecular flexibility index (Phi) is 7.28. The predicted molar refractivity (Wildman–Crippen MR) is 42.0 cm³/mol. The van der Waals surface area contributed by atoms with E-state index >= 15 is 0 Å². The van der Waals surface area contributed by atoms with Crippen molar-refractivity contribution in [2.75, 3.05) is 0 Å². The van der Waals surface area contributed by atoms with Crippen molar-refractivity contribution in [1.82, 2.24) is 0 Å². The molecule has 0 atom stereocenters. The lowest BCUT2D eigenvalue weighted by molar-refractivity contribution is 0.495. The maximum Gasteiger partial charge on any atom is 0.180 e. The first kappa shape index (κ1) is 14.5. The van der Waals surface area contributed by atoms with E-state index in [0.29, 0.717) is 6.07 Å². The van der Waals surface area contributed by atoms with Crippen LogP contribution in [0.25, 0.3) is 0 Å². The first-order chi connectivity index (χ1) is 5.63. The van der Waals surface area contributed by atoms with Gasteiger partial charge >= 0.3 is 0 Å². The molecular formula is C6H3Cl2F3N2. The Hall–Kier alpha value is -0.990. The van der Waals surface area contributed by atoms with Crippen LogP contribution < -0.4 is 0 Å². The van der Waals surface area contributed by atoms with Crippen molar-refractivity contribution in [1.29, 1.82) is 10.8 Å². The number of halogens is 5. The highest BCUT2D eigenvalue weighted by Crippen LogP contribution is 2.20. The van der Waals surface area contributed by atoms with Crippen molar-refractivity contribution < 1.29 is 13.2 Å². The highest BCUT2D eigenvalue weighted by molar-refractivity contribution is 6.30. The Labute approximate surface area is 83.1 Å². The molecule has 0 aliphatic heterocycles. The maximum absolute atomic E-state index is 12.2. The standard InChI is InChI=1S/C6H2ClF3.ClH.N2/c7-5-3(8)1-2-4(9)6(5)10;;1-2/h1-2H;1H;. The van der Waals surface area contributed by atoms with Gasteiger partial charge in [0.25, 0.3) is 0 Å². The number of rotatable bonds is 0. The van der Waals surface area contributed by atoms with E-state index in [2.05, 4.69) is 0 Å². The Balaban J connectivity index is 0. The van der Waals surface area contributed by atoms with Crippen molar-refractivity contribution >= 4 is 24.0 Å². The molecule has 1 aromatic rings. The average molecular weight is 231 g/mol. The van der Waals surface area contributed by atoms with Gasteiger partial charge in [0.2, 0.25) is 0 Å². The molecule has 1 aromatic carbocycles.